The molecule has 0 aliphatic carbocycles. The van der Waals surface area contributed by atoms with E-state index >= 15 is 0 Å². The average Bonchev–Trinajstić information content (AvgIpc) is 2.67. The van der Waals surface area contributed by atoms with Gasteiger partial charge in [-0.2, -0.15) is 0 Å². The van der Waals surface area contributed by atoms with Crippen molar-refractivity contribution in [3.05, 3.63) is 53.1 Å². The van der Waals surface area contributed by atoms with Crippen LogP contribution < -0.4 is 20.3 Å². The van der Waals surface area contributed by atoms with Gasteiger partial charge in [0, 0.05) is 24.7 Å². The van der Waals surface area contributed by atoms with Crippen LogP contribution in [0.25, 0.3) is 0 Å². The topological polar surface area (TPSA) is 62.8 Å². The normalized spacial score (nSPS) is 14.0. The Labute approximate surface area is 158 Å². The number of amides is 2. The van der Waals surface area contributed by atoms with Crippen LogP contribution in [0.5, 0.6) is 5.75 Å². The van der Waals surface area contributed by atoms with E-state index in [1.807, 2.05) is 36.4 Å². The van der Waals surface area contributed by atoms with Crippen molar-refractivity contribution in [1.82, 2.24) is 5.32 Å². The van der Waals surface area contributed by atoms with E-state index in [0.717, 1.165) is 30.1 Å². The first-order valence-corrected chi connectivity index (χ1v) is 8.83. The second kappa shape index (κ2) is 8.78. The van der Waals surface area contributed by atoms with Gasteiger partial charge >= 0.3 is 6.03 Å². The number of carbonyl (C=O) groups is 1. The molecule has 26 heavy (non-hydrogen) atoms. The molecule has 1 aliphatic rings. The zero-order chi connectivity index (χ0) is 18.4. The number of nitrogens with zero attached hydrogens (tertiary/aromatic N) is 1. The second-order valence-electron chi connectivity index (χ2n) is 5.92. The predicted molar refractivity (Wildman–Crippen MR) is 103 cm³/mol. The maximum atomic E-state index is 12.3. The fraction of sp³-hybridized carbons (Fsp3) is 0.316. The lowest BCUT2D eigenvalue weighted by Gasteiger charge is -2.30. The van der Waals surface area contributed by atoms with Gasteiger partial charge in [-0.3, -0.25) is 0 Å². The molecule has 3 rings (SSSR count). The first kappa shape index (κ1) is 18.4. The standard InChI is InChI=1S/C19H22ClN3O3/c1-25-16-4-2-3-14(11-16)13-21-19(24)22-17-12-15(20)5-6-18(17)23-7-9-26-10-8-23/h2-6,11-12H,7-10,13H2,1H3,(H2,21,22,24). The molecule has 7 heteroatoms. The Morgan fingerprint density at radius 2 is 2.04 bits per heavy atom. The molecule has 0 spiro atoms. The van der Waals surface area contributed by atoms with Crippen molar-refractivity contribution in [3.8, 4) is 5.75 Å². The van der Waals surface area contributed by atoms with E-state index in [1.165, 1.54) is 0 Å². The van der Waals surface area contributed by atoms with E-state index in [0.29, 0.717) is 30.5 Å². The lowest BCUT2D eigenvalue weighted by Crippen LogP contribution is -2.37. The summed E-state index contributed by atoms with van der Waals surface area (Å²) in [6.45, 7) is 3.30. The van der Waals surface area contributed by atoms with Crippen molar-refractivity contribution in [2.45, 2.75) is 6.54 Å². The molecule has 0 unspecified atom stereocenters. The number of ether oxygens (including phenoxy) is 2. The second-order valence-corrected chi connectivity index (χ2v) is 6.36. The molecule has 0 radical (unpaired) electrons. The number of anilines is 2. The Morgan fingerprint density at radius 1 is 1.23 bits per heavy atom. The van der Waals surface area contributed by atoms with Gasteiger partial charge in [0.2, 0.25) is 0 Å². The highest BCUT2D eigenvalue weighted by Crippen LogP contribution is 2.29. The van der Waals surface area contributed by atoms with Crippen LogP contribution in [-0.4, -0.2) is 39.4 Å². The fourth-order valence-corrected chi connectivity index (χ4v) is 2.99. The molecular weight excluding hydrogens is 354 g/mol. The molecule has 1 saturated heterocycles. The van der Waals surface area contributed by atoms with E-state index in [4.69, 9.17) is 21.1 Å². The lowest BCUT2D eigenvalue weighted by atomic mass is 10.2. The van der Waals surface area contributed by atoms with Gasteiger partial charge in [0.15, 0.2) is 0 Å². The summed E-state index contributed by atoms with van der Waals surface area (Å²) in [6.07, 6.45) is 0. The number of halogens is 1. The van der Waals surface area contributed by atoms with Gasteiger partial charge in [-0.1, -0.05) is 23.7 Å². The fourth-order valence-electron chi connectivity index (χ4n) is 2.82. The Morgan fingerprint density at radius 3 is 2.81 bits per heavy atom. The van der Waals surface area contributed by atoms with E-state index in [9.17, 15) is 4.79 Å². The molecule has 0 saturated carbocycles. The number of morpholine rings is 1. The van der Waals surface area contributed by atoms with Crippen LogP contribution in [-0.2, 0) is 11.3 Å². The molecule has 0 aromatic heterocycles. The Kier molecular flexibility index (Phi) is 6.20. The summed E-state index contributed by atoms with van der Waals surface area (Å²) in [5.74, 6) is 0.758. The van der Waals surface area contributed by atoms with Crippen molar-refractivity contribution < 1.29 is 14.3 Å². The number of hydrogen-bond acceptors (Lipinski definition) is 4. The number of hydrogen-bond donors (Lipinski definition) is 2. The maximum Gasteiger partial charge on any atom is 0.319 e. The van der Waals surface area contributed by atoms with Crippen molar-refractivity contribution in [2.24, 2.45) is 0 Å². The molecule has 1 fully saturated rings. The number of urea groups is 1. The third-order valence-electron chi connectivity index (χ3n) is 4.15. The minimum Gasteiger partial charge on any atom is -0.497 e. The van der Waals surface area contributed by atoms with Crippen molar-refractivity contribution in [1.29, 1.82) is 0 Å². The number of carbonyl (C=O) groups excluding carboxylic acids is 1. The Bertz CT molecular complexity index is 763. The summed E-state index contributed by atoms with van der Waals surface area (Å²) in [5, 5.41) is 6.33. The van der Waals surface area contributed by atoms with Crippen LogP contribution in [0, 0.1) is 0 Å². The number of rotatable bonds is 5. The van der Waals surface area contributed by atoms with Crippen LogP contribution in [0.2, 0.25) is 5.02 Å². The quantitative estimate of drug-likeness (QED) is 0.839. The zero-order valence-electron chi connectivity index (χ0n) is 14.6. The highest BCUT2D eigenvalue weighted by atomic mass is 35.5. The summed E-state index contributed by atoms with van der Waals surface area (Å²) in [4.78, 5) is 14.5. The molecule has 2 aromatic rings. The van der Waals surface area contributed by atoms with Gasteiger partial charge in [-0.05, 0) is 35.9 Å². The first-order valence-electron chi connectivity index (χ1n) is 8.46. The van der Waals surface area contributed by atoms with Gasteiger partial charge in [0.1, 0.15) is 5.75 Å². The number of nitrogens with one attached hydrogen (secondary N) is 2. The first-order chi connectivity index (χ1) is 12.7. The zero-order valence-corrected chi connectivity index (χ0v) is 15.4. The van der Waals surface area contributed by atoms with Crippen LogP contribution in [0.3, 0.4) is 0 Å². The molecule has 0 atom stereocenters. The molecule has 1 heterocycles. The molecule has 2 amide bonds. The summed E-state index contributed by atoms with van der Waals surface area (Å²) < 4.78 is 10.6. The van der Waals surface area contributed by atoms with Crippen molar-refractivity contribution in [2.75, 3.05) is 43.6 Å². The summed E-state index contributed by atoms with van der Waals surface area (Å²) >= 11 is 6.12. The highest BCUT2D eigenvalue weighted by molar-refractivity contribution is 6.31. The van der Waals surface area contributed by atoms with Crippen molar-refractivity contribution >= 4 is 29.0 Å². The molecule has 0 bridgehead atoms. The molecular formula is C19H22ClN3O3. The molecule has 2 N–H and O–H groups in total. The SMILES string of the molecule is COc1cccc(CNC(=O)Nc2cc(Cl)ccc2N2CCOCC2)c1. The van der Waals surface area contributed by atoms with Gasteiger partial charge in [0.05, 0.1) is 31.7 Å². The maximum absolute atomic E-state index is 12.3. The molecule has 138 valence electrons. The van der Waals surface area contributed by atoms with Crippen LogP contribution in [0.15, 0.2) is 42.5 Å². The van der Waals surface area contributed by atoms with Crippen LogP contribution >= 0.6 is 11.6 Å². The third-order valence-corrected chi connectivity index (χ3v) is 4.38. The minimum absolute atomic E-state index is 0.287. The van der Waals surface area contributed by atoms with Gasteiger partial charge < -0.3 is 25.0 Å². The third kappa shape index (κ3) is 4.80. The van der Waals surface area contributed by atoms with E-state index in [2.05, 4.69) is 15.5 Å². The van der Waals surface area contributed by atoms with Gasteiger partial charge in [-0.15, -0.1) is 0 Å². The Balaban J connectivity index is 1.65. The number of methoxy groups -OCH3 is 1. The Hall–Kier alpha value is -2.44. The van der Waals surface area contributed by atoms with E-state index in [1.54, 1.807) is 13.2 Å². The molecule has 6 nitrogen and oxygen atoms in total. The molecule has 2 aromatic carbocycles. The summed E-state index contributed by atoms with van der Waals surface area (Å²) in [6, 6.07) is 12.8. The molecule has 1 aliphatic heterocycles. The average molecular weight is 376 g/mol. The van der Waals surface area contributed by atoms with Crippen molar-refractivity contribution in [3.63, 3.8) is 0 Å². The number of benzene rings is 2. The monoisotopic (exact) mass is 375 g/mol. The summed E-state index contributed by atoms with van der Waals surface area (Å²) in [7, 11) is 1.62. The minimum atomic E-state index is -0.287. The van der Waals surface area contributed by atoms with Gasteiger partial charge in [0.25, 0.3) is 0 Å². The predicted octanol–water partition coefficient (Wildman–Crippen LogP) is 3.51. The van der Waals surface area contributed by atoms with E-state index < -0.39 is 0 Å². The summed E-state index contributed by atoms with van der Waals surface area (Å²) in [5.41, 5.74) is 2.58. The van der Waals surface area contributed by atoms with E-state index in [-0.39, 0.29) is 6.03 Å². The highest BCUT2D eigenvalue weighted by Gasteiger charge is 2.16. The smallest absolute Gasteiger partial charge is 0.319 e. The van der Waals surface area contributed by atoms with Gasteiger partial charge in [-0.25, -0.2) is 4.79 Å². The lowest BCUT2D eigenvalue weighted by molar-refractivity contribution is 0.123. The van der Waals surface area contributed by atoms with Crippen LogP contribution in [0.1, 0.15) is 5.56 Å². The largest absolute Gasteiger partial charge is 0.497 e. The van der Waals surface area contributed by atoms with Crippen LogP contribution in [0.4, 0.5) is 16.2 Å².